The Labute approximate surface area is 101 Å². The normalized spacial score (nSPS) is 12.2. The lowest BCUT2D eigenvalue weighted by Crippen LogP contribution is -2.27. The molecule has 4 nitrogen and oxygen atoms in total. The molecule has 0 aliphatic rings. The standard InChI is InChI=1S/C13H19NO3/c1-9-6-10(2)8-11(7-9)17-12(13(15)16)4-3-5-14/h6-8,12H,3-5,14H2,1-2H3,(H,15,16). The van der Waals surface area contributed by atoms with Crippen LogP contribution in [0.5, 0.6) is 5.75 Å². The second kappa shape index (κ2) is 6.25. The Balaban J connectivity index is 2.74. The van der Waals surface area contributed by atoms with Gasteiger partial charge in [-0.1, -0.05) is 6.07 Å². The van der Waals surface area contributed by atoms with Gasteiger partial charge in [0.2, 0.25) is 0 Å². The van der Waals surface area contributed by atoms with E-state index in [1.807, 2.05) is 32.0 Å². The number of nitrogens with two attached hydrogens (primary N) is 1. The smallest absolute Gasteiger partial charge is 0.344 e. The molecule has 1 aromatic carbocycles. The van der Waals surface area contributed by atoms with Gasteiger partial charge in [-0.25, -0.2) is 4.79 Å². The van der Waals surface area contributed by atoms with Crippen molar-refractivity contribution in [1.82, 2.24) is 0 Å². The van der Waals surface area contributed by atoms with E-state index < -0.39 is 12.1 Å². The summed E-state index contributed by atoms with van der Waals surface area (Å²) in [6, 6.07) is 5.69. The fourth-order valence-electron chi connectivity index (χ4n) is 1.70. The second-order valence-corrected chi connectivity index (χ2v) is 4.20. The van der Waals surface area contributed by atoms with Crippen LogP contribution in [0.1, 0.15) is 24.0 Å². The molecule has 0 radical (unpaired) electrons. The summed E-state index contributed by atoms with van der Waals surface area (Å²) in [4.78, 5) is 11.0. The number of aryl methyl sites for hydroxylation is 2. The summed E-state index contributed by atoms with van der Waals surface area (Å²) >= 11 is 0. The first-order valence-corrected chi connectivity index (χ1v) is 5.70. The lowest BCUT2D eigenvalue weighted by molar-refractivity contribution is -0.145. The van der Waals surface area contributed by atoms with Gasteiger partial charge in [-0.05, 0) is 56.5 Å². The van der Waals surface area contributed by atoms with Crippen molar-refractivity contribution in [2.24, 2.45) is 5.73 Å². The van der Waals surface area contributed by atoms with E-state index in [0.29, 0.717) is 25.1 Å². The highest BCUT2D eigenvalue weighted by atomic mass is 16.5. The monoisotopic (exact) mass is 237 g/mol. The van der Waals surface area contributed by atoms with Crippen molar-refractivity contribution in [1.29, 1.82) is 0 Å². The maximum atomic E-state index is 11.0. The molecule has 4 heteroatoms. The molecule has 0 aromatic heterocycles. The van der Waals surface area contributed by atoms with E-state index in [1.165, 1.54) is 0 Å². The van der Waals surface area contributed by atoms with Gasteiger partial charge in [0.05, 0.1) is 0 Å². The number of carbonyl (C=O) groups is 1. The van der Waals surface area contributed by atoms with Crippen LogP contribution >= 0.6 is 0 Å². The summed E-state index contributed by atoms with van der Waals surface area (Å²) in [6.07, 6.45) is 0.250. The second-order valence-electron chi connectivity index (χ2n) is 4.20. The van der Waals surface area contributed by atoms with Crippen molar-refractivity contribution in [3.8, 4) is 5.75 Å². The van der Waals surface area contributed by atoms with Crippen LogP contribution < -0.4 is 10.5 Å². The minimum Gasteiger partial charge on any atom is -0.479 e. The summed E-state index contributed by atoms with van der Waals surface area (Å²) in [7, 11) is 0. The number of carboxylic acids is 1. The molecule has 1 atom stereocenters. The Kier molecular flexibility index (Phi) is 4.97. The average Bonchev–Trinajstić information content (AvgIpc) is 2.22. The molecule has 1 unspecified atom stereocenters. The molecule has 0 saturated heterocycles. The molecule has 1 rings (SSSR count). The topological polar surface area (TPSA) is 72.5 Å². The minimum absolute atomic E-state index is 0.429. The zero-order valence-corrected chi connectivity index (χ0v) is 10.3. The highest BCUT2D eigenvalue weighted by Crippen LogP contribution is 2.19. The predicted octanol–water partition coefficient (Wildman–Crippen LogP) is 1.87. The van der Waals surface area contributed by atoms with Crippen LogP contribution in [0.3, 0.4) is 0 Å². The summed E-state index contributed by atoms with van der Waals surface area (Å²) in [6.45, 7) is 4.38. The number of benzene rings is 1. The lowest BCUT2D eigenvalue weighted by atomic mass is 10.1. The number of rotatable bonds is 6. The zero-order chi connectivity index (χ0) is 12.8. The quantitative estimate of drug-likeness (QED) is 0.792. The summed E-state index contributed by atoms with van der Waals surface area (Å²) in [5, 5.41) is 9.03. The maximum absolute atomic E-state index is 11.0. The van der Waals surface area contributed by atoms with Crippen LogP contribution in [0.25, 0.3) is 0 Å². The fraction of sp³-hybridized carbons (Fsp3) is 0.462. The largest absolute Gasteiger partial charge is 0.479 e. The number of hydrogen-bond donors (Lipinski definition) is 2. The number of aliphatic carboxylic acids is 1. The van der Waals surface area contributed by atoms with E-state index in [0.717, 1.165) is 11.1 Å². The molecule has 0 aliphatic heterocycles. The van der Waals surface area contributed by atoms with Crippen molar-refractivity contribution in [3.05, 3.63) is 29.3 Å². The molecule has 1 aromatic rings. The first-order chi connectivity index (χ1) is 8.02. The van der Waals surface area contributed by atoms with Gasteiger partial charge in [-0.3, -0.25) is 0 Å². The van der Waals surface area contributed by atoms with Crippen LogP contribution in [0.4, 0.5) is 0 Å². The first kappa shape index (κ1) is 13.5. The highest BCUT2D eigenvalue weighted by molar-refractivity contribution is 5.72. The lowest BCUT2D eigenvalue weighted by Gasteiger charge is -2.15. The van der Waals surface area contributed by atoms with Crippen LogP contribution in [-0.2, 0) is 4.79 Å². The first-order valence-electron chi connectivity index (χ1n) is 5.70. The van der Waals surface area contributed by atoms with Gasteiger partial charge in [0.1, 0.15) is 5.75 Å². The third kappa shape index (κ3) is 4.44. The summed E-state index contributed by atoms with van der Waals surface area (Å²) < 4.78 is 5.48. The van der Waals surface area contributed by atoms with Crippen molar-refractivity contribution in [2.75, 3.05) is 6.54 Å². The predicted molar refractivity (Wildman–Crippen MR) is 66.3 cm³/mol. The number of ether oxygens (including phenoxy) is 1. The van der Waals surface area contributed by atoms with Crippen molar-refractivity contribution in [3.63, 3.8) is 0 Å². The molecule has 94 valence electrons. The Morgan fingerprint density at radius 3 is 2.41 bits per heavy atom. The maximum Gasteiger partial charge on any atom is 0.344 e. The molecule has 0 bridgehead atoms. The molecular weight excluding hydrogens is 218 g/mol. The molecule has 0 fully saturated rings. The SMILES string of the molecule is Cc1cc(C)cc(OC(CCCN)C(=O)O)c1. The molecule has 0 heterocycles. The van der Waals surface area contributed by atoms with Gasteiger partial charge in [0, 0.05) is 0 Å². The fourth-order valence-corrected chi connectivity index (χ4v) is 1.70. The van der Waals surface area contributed by atoms with Crippen LogP contribution in [0.15, 0.2) is 18.2 Å². The van der Waals surface area contributed by atoms with Gasteiger partial charge < -0.3 is 15.6 Å². The van der Waals surface area contributed by atoms with Crippen LogP contribution in [0.2, 0.25) is 0 Å². The number of hydrogen-bond acceptors (Lipinski definition) is 3. The number of carboxylic acid groups (broad SMARTS) is 1. The molecule has 17 heavy (non-hydrogen) atoms. The zero-order valence-electron chi connectivity index (χ0n) is 10.3. The average molecular weight is 237 g/mol. The Morgan fingerprint density at radius 1 is 1.35 bits per heavy atom. The molecule has 0 aliphatic carbocycles. The Hall–Kier alpha value is -1.55. The Morgan fingerprint density at radius 2 is 1.94 bits per heavy atom. The van der Waals surface area contributed by atoms with E-state index in [9.17, 15) is 4.79 Å². The van der Waals surface area contributed by atoms with E-state index in [4.69, 9.17) is 15.6 Å². The Bertz CT molecular complexity index is 370. The van der Waals surface area contributed by atoms with Crippen molar-refractivity contribution < 1.29 is 14.6 Å². The third-order valence-electron chi connectivity index (χ3n) is 2.42. The molecule has 3 N–H and O–H groups in total. The molecule has 0 spiro atoms. The van der Waals surface area contributed by atoms with E-state index >= 15 is 0 Å². The van der Waals surface area contributed by atoms with Gasteiger partial charge in [0.25, 0.3) is 0 Å². The molecule has 0 amide bonds. The van der Waals surface area contributed by atoms with Gasteiger partial charge in [-0.15, -0.1) is 0 Å². The molecule has 0 saturated carbocycles. The van der Waals surface area contributed by atoms with Gasteiger partial charge >= 0.3 is 5.97 Å². The summed E-state index contributed by atoms with van der Waals surface area (Å²) in [5.74, 6) is -0.343. The molecular formula is C13H19NO3. The van der Waals surface area contributed by atoms with Crippen molar-refractivity contribution in [2.45, 2.75) is 32.8 Å². The van der Waals surface area contributed by atoms with E-state index in [1.54, 1.807) is 0 Å². The van der Waals surface area contributed by atoms with E-state index in [-0.39, 0.29) is 0 Å². The van der Waals surface area contributed by atoms with E-state index in [2.05, 4.69) is 0 Å². The third-order valence-corrected chi connectivity index (χ3v) is 2.42. The summed E-state index contributed by atoms with van der Waals surface area (Å²) in [5.41, 5.74) is 7.49. The van der Waals surface area contributed by atoms with Gasteiger partial charge in [0.15, 0.2) is 6.10 Å². The van der Waals surface area contributed by atoms with Crippen LogP contribution in [-0.4, -0.2) is 23.7 Å². The highest BCUT2D eigenvalue weighted by Gasteiger charge is 2.18. The van der Waals surface area contributed by atoms with Gasteiger partial charge in [-0.2, -0.15) is 0 Å². The van der Waals surface area contributed by atoms with Crippen LogP contribution in [0, 0.1) is 13.8 Å². The minimum atomic E-state index is -0.947. The van der Waals surface area contributed by atoms with Crippen molar-refractivity contribution >= 4 is 5.97 Å².